The lowest BCUT2D eigenvalue weighted by Gasteiger charge is -2.52. The summed E-state index contributed by atoms with van der Waals surface area (Å²) in [4.78, 5) is 11.1. The summed E-state index contributed by atoms with van der Waals surface area (Å²) in [5, 5.41) is 7.06. The maximum atomic E-state index is 13.6. The van der Waals surface area contributed by atoms with E-state index in [1.54, 1.807) is 10.5 Å². The zero-order valence-electron chi connectivity index (χ0n) is 19.4. The predicted molar refractivity (Wildman–Crippen MR) is 128 cm³/mol. The van der Waals surface area contributed by atoms with Crippen LogP contribution in [-0.2, 0) is 14.8 Å². The molecular formula is C23H30F2N6O3S. The molecule has 1 spiro atoms. The Labute approximate surface area is 203 Å². The first-order valence-electron chi connectivity index (χ1n) is 12.3. The fraction of sp³-hybridized carbons (Fsp3) is 0.652. The quantitative estimate of drug-likeness (QED) is 0.612. The molecule has 4 aliphatic rings. The molecule has 1 aromatic heterocycles. The van der Waals surface area contributed by atoms with Gasteiger partial charge in [-0.05, 0) is 37.8 Å². The summed E-state index contributed by atoms with van der Waals surface area (Å²) in [6.07, 6.45) is 1.87. The number of fused-ring (bicyclic) bond motifs is 1. The van der Waals surface area contributed by atoms with Crippen molar-refractivity contribution in [2.75, 3.05) is 56.1 Å². The smallest absolute Gasteiger partial charge is 0.263 e. The van der Waals surface area contributed by atoms with Crippen LogP contribution in [0.3, 0.4) is 0 Å². The molecule has 0 unspecified atom stereocenters. The van der Waals surface area contributed by atoms with Gasteiger partial charge in [0.05, 0.1) is 36.2 Å². The van der Waals surface area contributed by atoms with Crippen LogP contribution in [0.1, 0.15) is 37.7 Å². The average molecular weight is 509 g/mol. The molecule has 4 heterocycles. The number of alkyl halides is 2. The molecule has 9 nitrogen and oxygen atoms in total. The third-order valence-electron chi connectivity index (χ3n) is 7.46. The fourth-order valence-corrected chi connectivity index (χ4v) is 7.20. The first-order valence-corrected chi connectivity index (χ1v) is 13.8. The Kier molecular flexibility index (Phi) is 5.82. The highest BCUT2D eigenvalue weighted by molar-refractivity contribution is 7.90. The number of piperidine rings is 1. The highest BCUT2D eigenvalue weighted by Gasteiger charge is 2.46. The Morgan fingerprint density at radius 3 is 2.60 bits per heavy atom. The topological polar surface area (TPSA) is 99.7 Å². The van der Waals surface area contributed by atoms with Gasteiger partial charge in [0, 0.05) is 49.4 Å². The summed E-state index contributed by atoms with van der Waals surface area (Å²) in [5.41, 5.74) is 0.950. The third-order valence-corrected chi connectivity index (χ3v) is 9.86. The second kappa shape index (κ2) is 8.75. The molecule has 1 saturated carbocycles. The molecule has 0 amide bonds. The van der Waals surface area contributed by atoms with Crippen LogP contribution >= 0.6 is 0 Å². The number of ether oxygens (including phenoxy) is 1. The number of halogens is 2. The minimum Gasteiger partial charge on any atom is -0.369 e. The van der Waals surface area contributed by atoms with Gasteiger partial charge in [-0.2, -0.15) is 0 Å². The van der Waals surface area contributed by atoms with Crippen molar-refractivity contribution in [3.05, 3.63) is 23.9 Å². The van der Waals surface area contributed by atoms with Crippen LogP contribution in [0.4, 0.5) is 20.4 Å². The fourth-order valence-electron chi connectivity index (χ4n) is 5.33. The summed E-state index contributed by atoms with van der Waals surface area (Å²) in [6.45, 7) is 4.40. The van der Waals surface area contributed by atoms with Gasteiger partial charge in [-0.1, -0.05) is 0 Å². The van der Waals surface area contributed by atoms with Crippen molar-refractivity contribution < 1.29 is 21.9 Å². The molecule has 12 heteroatoms. The zero-order valence-corrected chi connectivity index (χ0v) is 20.2. The normalized spacial score (nSPS) is 23.7. The van der Waals surface area contributed by atoms with E-state index < -0.39 is 16.4 Å². The first kappa shape index (κ1) is 23.3. The van der Waals surface area contributed by atoms with Gasteiger partial charge in [0.2, 0.25) is 16.0 Å². The monoisotopic (exact) mass is 508 g/mol. The van der Waals surface area contributed by atoms with Crippen LogP contribution < -0.4 is 15.5 Å². The number of morpholine rings is 1. The van der Waals surface area contributed by atoms with Crippen LogP contribution in [0.15, 0.2) is 18.3 Å². The maximum absolute atomic E-state index is 13.6. The van der Waals surface area contributed by atoms with Crippen molar-refractivity contribution in [1.29, 1.82) is 0 Å². The molecule has 2 N–H and O–H groups in total. The van der Waals surface area contributed by atoms with Crippen LogP contribution in [0.2, 0.25) is 0 Å². The van der Waals surface area contributed by atoms with E-state index in [1.807, 2.05) is 4.90 Å². The lowest BCUT2D eigenvalue weighted by Crippen LogP contribution is -2.70. The Hall–Kier alpha value is -2.15. The van der Waals surface area contributed by atoms with Crippen LogP contribution in [0.5, 0.6) is 0 Å². The minimum absolute atomic E-state index is 0.0512. The molecular weight excluding hydrogens is 478 g/mol. The van der Waals surface area contributed by atoms with E-state index in [9.17, 15) is 17.2 Å². The average Bonchev–Trinajstić information content (AvgIpc) is 3.69. The van der Waals surface area contributed by atoms with Gasteiger partial charge in [-0.15, -0.1) is 0 Å². The van der Waals surface area contributed by atoms with E-state index in [-0.39, 0.29) is 22.5 Å². The molecule has 3 aliphatic heterocycles. The Morgan fingerprint density at radius 2 is 1.94 bits per heavy atom. The number of nitrogens with one attached hydrogen (secondary N) is 2. The maximum Gasteiger partial charge on any atom is 0.263 e. The highest BCUT2D eigenvalue weighted by Crippen LogP contribution is 2.38. The van der Waals surface area contributed by atoms with E-state index in [4.69, 9.17) is 9.72 Å². The molecule has 4 fully saturated rings. The molecule has 2 aromatic rings. The highest BCUT2D eigenvalue weighted by atomic mass is 32.2. The Balaban J connectivity index is 1.20. The van der Waals surface area contributed by atoms with Crippen LogP contribution in [-0.4, -0.2) is 85.5 Å². The Bertz CT molecular complexity index is 1200. The van der Waals surface area contributed by atoms with Gasteiger partial charge >= 0.3 is 0 Å². The number of benzene rings is 1. The van der Waals surface area contributed by atoms with Crippen LogP contribution in [0.25, 0.3) is 10.9 Å². The van der Waals surface area contributed by atoms with E-state index in [2.05, 4.69) is 15.6 Å². The van der Waals surface area contributed by atoms with Crippen molar-refractivity contribution in [2.24, 2.45) is 0 Å². The molecule has 1 aliphatic carbocycles. The van der Waals surface area contributed by atoms with E-state index in [1.165, 1.54) is 12.1 Å². The van der Waals surface area contributed by atoms with Gasteiger partial charge in [0.1, 0.15) is 5.60 Å². The number of sulfonamides is 1. The molecule has 3 saturated heterocycles. The van der Waals surface area contributed by atoms with Crippen molar-refractivity contribution in [3.8, 4) is 0 Å². The summed E-state index contributed by atoms with van der Waals surface area (Å²) < 4.78 is 59.8. The second-order valence-electron chi connectivity index (χ2n) is 10.1. The van der Waals surface area contributed by atoms with Gasteiger partial charge in [-0.3, -0.25) is 0 Å². The minimum atomic E-state index is -3.16. The Morgan fingerprint density at radius 1 is 1.17 bits per heavy atom. The lowest BCUT2D eigenvalue weighted by atomic mass is 9.91. The van der Waals surface area contributed by atoms with Crippen molar-refractivity contribution in [3.63, 3.8) is 0 Å². The lowest BCUT2D eigenvalue weighted by molar-refractivity contribution is -0.0827. The second-order valence-corrected chi connectivity index (χ2v) is 12.3. The van der Waals surface area contributed by atoms with Gasteiger partial charge in [-0.25, -0.2) is 31.5 Å². The molecule has 0 radical (unpaired) electrons. The van der Waals surface area contributed by atoms with Gasteiger partial charge in [0.25, 0.3) is 6.43 Å². The number of hydrogen-bond acceptors (Lipinski definition) is 8. The number of aromatic nitrogens is 2. The molecule has 0 atom stereocenters. The molecule has 0 bridgehead atoms. The number of nitrogens with zero attached hydrogens (tertiary/aromatic N) is 4. The van der Waals surface area contributed by atoms with E-state index >= 15 is 0 Å². The molecule has 35 heavy (non-hydrogen) atoms. The predicted octanol–water partition coefficient (Wildman–Crippen LogP) is 2.11. The van der Waals surface area contributed by atoms with Crippen molar-refractivity contribution in [1.82, 2.24) is 19.6 Å². The first-order chi connectivity index (χ1) is 16.8. The van der Waals surface area contributed by atoms with Gasteiger partial charge in [0.15, 0.2) is 0 Å². The summed E-state index contributed by atoms with van der Waals surface area (Å²) in [5.74, 6) is 0.429. The summed E-state index contributed by atoms with van der Waals surface area (Å²) in [6, 6.07) is 3.02. The van der Waals surface area contributed by atoms with Gasteiger partial charge < -0.3 is 20.3 Å². The van der Waals surface area contributed by atoms with Crippen molar-refractivity contribution >= 4 is 32.6 Å². The standard InChI is InChI=1S/C23H30F2N6O3S/c24-21(25)15-9-16-11-27-22(28-17-3-6-31(7-4-17)35(32,33)18-1-2-18)29-20(16)19(10-15)30-13-23(14-30)12-26-5-8-34-23/h9-11,17-18,21,26H,1-8,12-14H2,(H,27,28,29). The summed E-state index contributed by atoms with van der Waals surface area (Å²) >= 11 is 0. The number of hydrogen-bond donors (Lipinski definition) is 2. The number of rotatable bonds is 6. The third kappa shape index (κ3) is 4.45. The SMILES string of the molecule is O=S(=O)(C1CC1)N1CCC(Nc2ncc3cc(C(F)F)cc(N4CC5(CNCCO5)C4)c3n2)CC1. The van der Waals surface area contributed by atoms with E-state index in [0.717, 1.165) is 25.9 Å². The molecule has 1 aromatic carbocycles. The van der Waals surface area contributed by atoms with Crippen molar-refractivity contribution in [2.45, 2.75) is 49.0 Å². The molecule has 190 valence electrons. The number of anilines is 2. The largest absolute Gasteiger partial charge is 0.369 e. The van der Waals surface area contributed by atoms with E-state index in [0.29, 0.717) is 68.2 Å². The molecule has 6 rings (SSSR count). The van der Waals surface area contributed by atoms with Crippen LogP contribution in [0, 0.1) is 0 Å². The zero-order chi connectivity index (χ0) is 24.2. The summed E-state index contributed by atoms with van der Waals surface area (Å²) in [7, 11) is -3.16.